The maximum absolute atomic E-state index is 12.1. The number of primary amides is 1. The molecule has 2 atom stereocenters. The third kappa shape index (κ3) is 4.48. The summed E-state index contributed by atoms with van der Waals surface area (Å²) < 4.78 is 5.51. The Morgan fingerprint density at radius 1 is 1.14 bits per heavy atom. The monoisotopic (exact) mass is 290 g/mol. The molecule has 5 nitrogen and oxygen atoms in total. The van der Waals surface area contributed by atoms with Crippen LogP contribution in [0, 0.1) is 11.8 Å². The number of hydrogen-bond donors (Lipinski definition) is 2. The fourth-order valence-corrected chi connectivity index (χ4v) is 2.78. The molecule has 1 aromatic rings. The van der Waals surface area contributed by atoms with E-state index < -0.39 is 0 Å². The van der Waals surface area contributed by atoms with Crippen LogP contribution in [0.5, 0.6) is 5.75 Å². The number of para-hydroxylation sites is 1. The molecule has 0 bridgehead atoms. The van der Waals surface area contributed by atoms with Crippen LogP contribution in [0.15, 0.2) is 30.3 Å². The van der Waals surface area contributed by atoms with Crippen molar-refractivity contribution in [2.24, 2.45) is 17.6 Å². The van der Waals surface area contributed by atoms with Gasteiger partial charge in [0.05, 0.1) is 6.54 Å². The average molecular weight is 290 g/mol. The van der Waals surface area contributed by atoms with Crippen molar-refractivity contribution in [2.45, 2.75) is 25.7 Å². The Labute approximate surface area is 124 Å². The molecule has 0 heterocycles. The number of nitrogens with one attached hydrogen (secondary N) is 1. The van der Waals surface area contributed by atoms with Gasteiger partial charge in [0.25, 0.3) is 0 Å². The zero-order valence-electron chi connectivity index (χ0n) is 12.1. The highest BCUT2D eigenvalue weighted by atomic mass is 16.5. The third-order valence-electron chi connectivity index (χ3n) is 3.88. The van der Waals surface area contributed by atoms with Gasteiger partial charge >= 0.3 is 0 Å². The van der Waals surface area contributed by atoms with Crippen molar-refractivity contribution in [3.8, 4) is 5.75 Å². The smallest absolute Gasteiger partial charge is 0.224 e. The Kier molecular flexibility index (Phi) is 5.60. The predicted molar refractivity (Wildman–Crippen MR) is 79.6 cm³/mol. The van der Waals surface area contributed by atoms with E-state index in [1.54, 1.807) is 0 Å². The lowest BCUT2D eigenvalue weighted by atomic mass is 9.78. The van der Waals surface area contributed by atoms with Crippen molar-refractivity contribution >= 4 is 11.8 Å². The predicted octanol–water partition coefficient (Wildman–Crippen LogP) is 1.47. The second kappa shape index (κ2) is 7.67. The van der Waals surface area contributed by atoms with Crippen LogP contribution < -0.4 is 15.8 Å². The molecule has 1 aliphatic carbocycles. The summed E-state index contributed by atoms with van der Waals surface area (Å²) in [6.45, 7) is 0.833. The van der Waals surface area contributed by atoms with Crippen molar-refractivity contribution in [3.05, 3.63) is 30.3 Å². The molecule has 0 unspecified atom stereocenters. The van der Waals surface area contributed by atoms with Crippen LogP contribution in [0.4, 0.5) is 0 Å². The van der Waals surface area contributed by atoms with E-state index >= 15 is 0 Å². The number of benzene rings is 1. The molecule has 1 fully saturated rings. The summed E-state index contributed by atoms with van der Waals surface area (Å²) in [5, 5.41) is 2.84. The average Bonchev–Trinajstić information content (AvgIpc) is 2.52. The topological polar surface area (TPSA) is 81.4 Å². The van der Waals surface area contributed by atoms with Crippen LogP contribution in [0.2, 0.25) is 0 Å². The number of hydrogen-bond acceptors (Lipinski definition) is 3. The molecule has 3 N–H and O–H groups in total. The second-order valence-corrected chi connectivity index (χ2v) is 5.35. The Morgan fingerprint density at radius 2 is 1.81 bits per heavy atom. The maximum Gasteiger partial charge on any atom is 0.224 e. The number of carbonyl (C=O) groups excluding carboxylic acids is 2. The third-order valence-corrected chi connectivity index (χ3v) is 3.88. The SMILES string of the molecule is NC(=O)[C@H]1CCCC[C@H]1C(=O)NCCOc1ccccc1. The standard InChI is InChI=1S/C16H22N2O3/c17-15(19)13-8-4-5-9-14(13)16(20)18-10-11-21-12-6-2-1-3-7-12/h1-3,6-7,13-14H,4-5,8-11H2,(H2,17,19)(H,18,20)/t13-,14+/m0/s1. The number of carbonyl (C=O) groups is 2. The highest BCUT2D eigenvalue weighted by molar-refractivity contribution is 5.87. The highest BCUT2D eigenvalue weighted by Gasteiger charge is 2.34. The first kappa shape index (κ1) is 15.4. The van der Waals surface area contributed by atoms with E-state index in [-0.39, 0.29) is 23.7 Å². The Hall–Kier alpha value is -2.04. The van der Waals surface area contributed by atoms with E-state index in [0.717, 1.165) is 25.0 Å². The molecule has 1 aliphatic rings. The zero-order chi connectivity index (χ0) is 15.1. The van der Waals surface area contributed by atoms with Gasteiger partial charge in [0, 0.05) is 11.8 Å². The number of amides is 2. The second-order valence-electron chi connectivity index (χ2n) is 5.35. The number of nitrogens with two attached hydrogens (primary N) is 1. The quantitative estimate of drug-likeness (QED) is 0.778. The van der Waals surface area contributed by atoms with Crippen LogP contribution in [0.3, 0.4) is 0 Å². The van der Waals surface area contributed by atoms with Gasteiger partial charge in [-0.25, -0.2) is 0 Å². The van der Waals surface area contributed by atoms with E-state index in [4.69, 9.17) is 10.5 Å². The molecule has 0 spiro atoms. The molecule has 5 heteroatoms. The lowest BCUT2D eigenvalue weighted by Gasteiger charge is -2.28. The van der Waals surface area contributed by atoms with Crippen molar-refractivity contribution in [1.29, 1.82) is 0 Å². The molecule has 0 saturated heterocycles. The van der Waals surface area contributed by atoms with E-state index in [2.05, 4.69) is 5.32 Å². The molecule has 114 valence electrons. The summed E-state index contributed by atoms with van der Waals surface area (Å²) >= 11 is 0. The van der Waals surface area contributed by atoms with Gasteiger partial charge < -0.3 is 15.8 Å². The maximum atomic E-state index is 12.1. The minimum Gasteiger partial charge on any atom is -0.492 e. The van der Waals surface area contributed by atoms with E-state index in [1.807, 2.05) is 30.3 Å². The number of ether oxygens (including phenoxy) is 1. The van der Waals surface area contributed by atoms with E-state index in [1.165, 1.54) is 0 Å². The van der Waals surface area contributed by atoms with Crippen molar-refractivity contribution in [1.82, 2.24) is 5.32 Å². The molecule has 2 amide bonds. The Bertz CT molecular complexity index is 476. The largest absolute Gasteiger partial charge is 0.492 e. The van der Waals surface area contributed by atoms with Gasteiger partial charge in [0.1, 0.15) is 12.4 Å². The van der Waals surface area contributed by atoms with Crippen LogP contribution >= 0.6 is 0 Å². The Balaban J connectivity index is 1.74. The van der Waals surface area contributed by atoms with Gasteiger partial charge in [0.15, 0.2) is 0 Å². The first-order chi connectivity index (χ1) is 10.2. The lowest BCUT2D eigenvalue weighted by Crippen LogP contribution is -2.42. The van der Waals surface area contributed by atoms with Crippen molar-refractivity contribution < 1.29 is 14.3 Å². The van der Waals surface area contributed by atoms with Crippen molar-refractivity contribution in [3.63, 3.8) is 0 Å². The summed E-state index contributed by atoms with van der Waals surface area (Å²) in [6, 6.07) is 9.45. The van der Waals surface area contributed by atoms with E-state index in [9.17, 15) is 9.59 Å². The molecule has 1 aromatic carbocycles. The molecule has 1 saturated carbocycles. The van der Waals surface area contributed by atoms with Gasteiger partial charge in [0.2, 0.25) is 11.8 Å². The van der Waals surface area contributed by atoms with Gasteiger partial charge in [-0.05, 0) is 25.0 Å². The molecule has 2 rings (SSSR count). The zero-order valence-corrected chi connectivity index (χ0v) is 12.1. The fourth-order valence-electron chi connectivity index (χ4n) is 2.78. The highest BCUT2D eigenvalue weighted by Crippen LogP contribution is 2.29. The molecule has 0 aliphatic heterocycles. The van der Waals surface area contributed by atoms with Crippen LogP contribution in [-0.4, -0.2) is 25.0 Å². The minimum absolute atomic E-state index is 0.0878. The minimum atomic E-state index is -0.365. The summed E-state index contributed by atoms with van der Waals surface area (Å²) in [4.78, 5) is 23.6. The summed E-state index contributed by atoms with van der Waals surface area (Å²) in [5.74, 6) is -0.285. The molecule has 0 radical (unpaired) electrons. The van der Waals surface area contributed by atoms with Gasteiger partial charge in [-0.15, -0.1) is 0 Å². The molecular formula is C16H22N2O3. The molecule has 21 heavy (non-hydrogen) atoms. The van der Waals surface area contributed by atoms with Gasteiger partial charge in [-0.2, -0.15) is 0 Å². The molecular weight excluding hydrogens is 268 g/mol. The van der Waals surface area contributed by atoms with Crippen LogP contribution in [0.25, 0.3) is 0 Å². The first-order valence-corrected chi connectivity index (χ1v) is 7.43. The van der Waals surface area contributed by atoms with Gasteiger partial charge in [-0.3, -0.25) is 9.59 Å². The normalized spacial score (nSPS) is 21.5. The Morgan fingerprint density at radius 3 is 2.48 bits per heavy atom. The summed E-state index contributed by atoms with van der Waals surface area (Å²) in [7, 11) is 0. The first-order valence-electron chi connectivity index (χ1n) is 7.43. The fraction of sp³-hybridized carbons (Fsp3) is 0.500. The number of rotatable bonds is 6. The van der Waals surface area contributed by atoms with E-state index in [0.29, 0.717) is 19.6 Å². The van der Waals surface area contributed by atoms with Gasteiger partial charge in [-0.1, -0.05) is 31.0 Å². The van der Waals surface area contributed by atoms with Crippen molar-refractivity contribution in [2.75, 3.05) is 13.2 Å². The molecule has 0 aromatic heterocycles. The van der Waals surface area contributed by atoms with Crippen LogP contribution in [-0.2, 0) is 9.59 Å². The van der Waals surface area contributed by atoms with Crippen LogP contribution in [0.1, 0.15) is 25.7 Å². The lowest BCUT2D eigenvalue weighted by molar-refractivity contribution is -0.135. The summed E-state index contributed by atoms with van der Waals surface area (Å²) in [6.07, 6.45) is 3.39. The summed E-state index contributed by atoms with van der Waals surface area (Å²) in [5.41, 5.74) is 5.38.